The largest absolute Gasteiger partial charge is 0.491 e. The van der Waals surface area contributed by atoms with Crippen molar-refractivity contribution in [2.45, 2.75) is 18.9 Å². The van der Waals surface area contributed by atoms with Crippen molar-refractivity contribution < 1.29 is 17.9 Å². The number of sulfone groups is 1. The van der Waals surface area contributed by atoms with Gasteiger partial charge in [0, 0.05) is 5.69 Å². The van der Waals surface area contributed by atoms with E-state index in [1.807, 2.05) is 12.1 Å². The summed E-state index contributed by atoms with van der Waals surface area (Å²) in [4.78, 5) is 0. The lowest BCUT2D eigenvalue weighted by atomic mass is 10.2. The van der Waals surface area contributed by atoms with Crippen LogP contribution in [0.15, 0.2) is 24.3 Å². The predicted octanol–water partition coefficient (Wildman–Crippen LogP) is 1.24. The minimum atomic E-state index is -2.82. The molecule has 0 aromatic heterocycles. The van der Waals surface area contributed by atoms with Gasteiger partial charge in [0.15, 0.2) is 9.84 Å². The van der Waals surface area contributed by atoms with Crippen LogP contribution in [-0.2, 0) is 14.6 Å². The fourth-order valence-corrected chi connectivity index (χ4v) is 3.42. The fourth-order valence-electron chi connectivity index (χ4n) is 1.97. The van der Waals surface area contributed by atoms with Crippen LogP contribution in [0.25, 0.3) is 0 Å². The van der Waals surface area contributed by atoms with Crippen molar-refractivity contribution in [2.75, 3.05) is 30.5 Å². The summed E-state index contributed by atoms with van der Waals surface area (Å²) in [6, 6.07) is 7.18. The third-order valence-electron chi connectivity index (χ3n) is 3.09. The van der Waals surface area contributed by atoms with Crippen LogP contribution >= 0.6 is 0 Å². The van der Waals surface area contributed by atoms with Crippen molar-refractivity contribution in [1.82, 2.24) is 0 Å². The smallest absolute Gasteiger partial charge is 0.150 e. The maximum atomic E-state index is 11.2. The van der Waals surface area contributed by atoms with Gasteiger partial charge in [-0.15, -0.1) is 0 Å². The van der Waals surface area contributed by atoms with Crippen molar-refractivity contribution in [2.24, 2.45) is 0 Å². The molecule has 0 saturated carbocycles. The van der Waals surface area contributed by atoms with Gasteiger partial charge in [-0.05, 0) is 37.1 Å². The summed E-state index contributed by atoms with van der Waals surface area (Å²) in [5.41, 5.74) is 6.27. The molecule has 0 atom stereocenters. The van der Waals surface area contributed by atoms with Crippen molar-refractivity contribution >= 4 is 15.5 Å². The average molecular weight is 285 g/mol. The molecule has 1 aromatic carbocycles. The molecule has 0 radical (unpaired) electrons. The Morgan fingerprint density at radius 1 is 1.11 bits per heavy atom. The minimum Gasteiger partial charge on any atom is -0.491 e. The summed E-state index contributed by atoms with van der Waals surface area (Å²) in [7, 11) is -2.82. The molecule has 106 valence electrons. The van der Waals surface area contributed by atoms with E-state index in [1.54, 1.807) is 12.1 Å². The SMILES string of the molecule is Nc1ccc(OCCOC2CCS(=O)(=O)CC2)cc1. The van der Waals surface area contributed by atoms with Gasteiger partial charge in [0.05, 0.1) is 24.2 Å². The molecule has 1 heterocycles. The highest BCUT2D eigenvalue weighted by atomic mass is 32.2. The Kier molecular flexibility index (Phi) is 4.66. The Labute approximate surface area is 113 Å². The summed E-state index contributed by atoms with van der Waals surface area (Å²) in [5, 5.41) is 0. The van der Waals surface area contributed by atoms with Gasteiger partial charge in [-0.1, -0.05) is 0 Å². The highest BCUT2D eigenvalue weighted by Gasteiger charge is 2.23. The number of rotatable bonds is 5. The molecule has 19 heavy (non-hydrogen) atoms. The molecule has 1 aliphatic rings. The van der Waals surface area contributed by atoms with E-state index in [0.29, 0.717) is 31.7 Å². The van der Waals surface area contributed by atoms with E-state index >= 15 is 0 Å². The van der Waals surface area contributed by atoms with Crippen molar-refractivity contribution in [1.29, 1.82) is 0 Å². The number of nitrogens with two attached hydrogens (primary N) is 1. The third kappa shape index (κ3) is 4.72. The molecule has 1 fully saturated rings. The first kappa shape index (κ1) is 14.1. The first-order chi connectivity index (χ1) is 9.05. The number of nitrogen functional groups attached to an aromatic ring is 1. The van der Waals surface area contributed by atoms with Crippen LogP contribution < -0.4 is 10.5 Å². The fraction of sp³-hybridized carbons (Fsp3) is 0.538. The van der Waals surface area contributed by atoms with Gasteiger partial charge in [-0.2, -0.15) is 0 Å². The Hall–Kier alpha value is -1.27. The quantitative estimate of drug-likeness (QED) is 0.650. The topological polar surface area (TPSA) is 78.6 Å². The zero-order valence-electron chi connectivity index (χ0n) is 10.7. The molecule has 2 N–H and O–H groups in total. The molecule has 2 rings (SSSR count). The molecule has 1 aliphatic heterocycles. The summed E-state index contributed by atoms with van der Waals surface area (Å²) in [5.74, 6) is 1.22. The van der Waals surface area contributed by atoms with Gasteiger partial charge in [0.2, 0.25) is 0 Å². The predicted molar refractivity (Wildman–Crippen MR) is 74.0 cm³/mol. The monoisotopic (exact) mass is 285 g/mol. The molecule has 0 amide bonds. The Bertz CT molecular complexity index is 484. The van der Waals surface area contributed by atoms with Gasteiger partial charge < -0.3 is 15.2 Å². The second-order valence-corrected chi connectivity index (χ2v) is 6.94. The average Bonchev–Trinajstić information content (AvgIpc) is 2.38. The lowest BCUT2D eigenvalue weighted by molar-refractivity contribution is 0.0285. The maximum absolute atomic E-state index is 11.2. The molecule has 5 nitrogen and oxygen atoms in total. The molecule has 0 bridgehead atoms. The van der Waals surface area contributed by atoms with Crippen LogP contribution in [0.3, 0.4) is 0 Å². The molecule has 0 aliphatic carbocycles. The highest BCUT2D eigenvalue weighted by molar-refractivity contribution is 7.91. The van der Waals surface area contributed by atoms with Crippen LogP contribution in [0, 0.1) is 0 Å². The Balaban J connectivity index is 1.63. The van der Waals surface area contributed by atoms with Crippen molar-refractivity contribution in [3.8, 4) is 5.75 Å². The summed E-state index contributed by atoms with van der Waals surface area (Å²) < 4.78 is 33.6. The molecule has 0 spiro atoms. The van der Waals surface area contributed by atoms with Gasteiger partial charge in [0.25, 0.3) is 0 Å². The molecule has 0 unspecified atom stereocenters. The molecule has 1 aromatic rings. The van der Waals surface area contributed by atoms with Gasteiger partial charge in [-0.3, -0.25) is 0 Å². The first-order valence-corrected chi connectivity index (χ1v) is 8.18. The van der Waals surface area contributed by atoms with E-state index in [4.69, 9.17) is 15.2 Å². The van der Waals surface area contributed by atoms with Gasteiger partial charge in [0.1, 0.15) is 12.4 Å². The first-order valence-electron chi connectivity index (χ1n) is 6.35. The third-order valence-corrected chi connectivity index (χ3v) is 4.80. The number of hydrogen-bond donors (Lipinski definition) is 1. The lowest BCUT2D eigenvalue weighted by Crippen LogP contribution is -2.29. The van der Waals surface area contributed by atoms with Crippen molar-refractivity contribution in [3.63, 3.8) is 0 Å². The zero-order valence-corrected chi connectivity index (χ0v) is 11.6. The molecule has 1 saturated heterocycles. The van der Waals surface area contributed by atoms with E-state index < -0.39 is 9.84 Å². The van der Waals surface area contributed by atoms with E-state index in [2.05, 4.69) is 0 Å². The van der Waals surface area contributed by atoms with E-state index in [-0.39, 0.29) is 17.6 Å². The van der Waals surface area contributed by atoms with Crippen LogP contribution in [-0.4, -0.2) is 39.2 Å². The van der Waals surface area contributed by atoms with Gasteiger partial charge in [-0.25, -0.2) is 8.42 Å². The second-order valence-electron chi connectivity index (χ2n) is 4.64. The van der Waals surface area contributed by atoms with E-state index in [1.165, 1.54) is 0 Å². The van der Waals surface area contributed by atoms with Crippen LogP contribution in [0.1, 0.15) is 12.8 Å². The summed E-state index contributed by atoms with van der Waals surface area (Å²) in [6.07, 6.45) is 1.22. The van der Waals surface area contributed by atoms with Crippen LogP contribution in [0.5, 0.6) is 5.75 Å². The normalized spacial score (nSPS) is 19.2. The Morgan fingerprint density at radius 3 is 2.37 bits per heavy atom. The maximum Gasteiger partial charge on any atom is 0.150 e. The molecular formula is C13H19NO4S. The summed E-state index contributed by atoms with van der Waals surface area (Å²) >= 11 is 0. The number of benzene rings is 1. The van der Waals surface area contributed by atoms with Crippen molar-refractivity contribution in [3.05, 3.63) is 24.3 Å². The van der Waals surface area contributed by atoms with E-state index in [9.17, 15) is 8.42 Å². The Morgan fingerprint density at radius 2 is 1.74 bits per heavy atom. The number of anilines is 1. The van der Waals surface area contributed by atoms with Gasteiger partial charge >= 0.3 is 0 Å². The summed E-state index contributed by atoms with van der Waals surface area (Å²) in [6.45, 7) is 0.919. The zero-order chi connectivity index (χ0) is 13.7. The molecular weight excluding hydrogens is 266 g/mol. The number of ether oxygens (including phenoxy) is 2. The highest BCUT2D eigenvalue weighted by Crippen LogP contribution is 2.16. The second kappa shape index (κ2) is 6.25. The lowest BCUT2D eigenvalue weighted by Gasteiger charge is -2.22. The number of hydrogen-bond acceptors (Lipinski definition) is 5. The van der Waals surface area contributed by atoms with E-state index in [0.717, 1.165) is 5.75 Å². The molecule has 6 heteroatoms. The van der Waals surface area contributed by atoms with Crippen LogP contribution in [0.2, 0.25) is 0 Å². The van der Waals surface area contributed by atoms with Crippen LogP contribution in [0.4, 0.5) is 5.69 Å². The minimum absolute atomic E-state index is 0.0403. The standard InChI is InChI=1S/C13H19NO4S/c14-11-1-3-12(4-2-11)17-7-8-18-13-5-9-19(15,16)10-6-13/h1-4,13H,5-10,14H2.